The molecule has 0 bridgehead atoms. The molecule has 0 aromatic heterocycles. The van der Waals surface area contributed by atoms with Crippen molar-refractivity contribution < 1.29 is 19.4 Å². The zero-order valence-electron chi connectivity index (χ0n) is 25.8. The third-order valence-corrected chi connectivity index (χ3v) is 9.77. The normalized spacial score (nSPS) is 20.5. The Kier molecular flexibility index (Phi) is 12.8. The van der Waals surface area contributed by atoms with Crippen LogP contribution in [0.1, 0.15) is 92.6 Å². The summed E-state index contributed by atoms with van der Waals surface area (Å²) in [5.74, 6) is 0.0459. The lowest BCUT2D eigenvalue weighted by atomic mass is 9.90. The van der Waals surface area contributed by atoms with E-state index < -0.39 is 12.0 Å². The fourth-order valence-electron chi connectivity index (χ4n) is 6.75. The van der Waals surface area contributed by atoms with Crippen molar-refractivity contribution in [1.82, 2.24) is 10.2 Å². The van der Waals surface area contributed by atoms with E-state index in [1.165, 1.54) is 50.5 Å². The first-order valence-corrected chi connectivity index (χ1v) is 17.4. The van der Waals surface area contributed by atoms with Crippen LogP contribution in [0.25, 0.3) is 11.1 Å². The standard InChI is InChI=1S/C35H50N2O4S/c1-4-10-28-16-17-29(24-41-23-26-12-6-5-7-13-26)37(28)22-27-15-18-31(32(21-27)30-14-9-8-11-25(30)2)34(38)36-33(35(39)40)19-20-42-3/h8-9,11,14-15,18,21,26,28-29,33H,4-7,10,12-13,16-17,19-20,22-24H2,1-3H3,(H,36,38)(H,39,40)/t28-,29+,33+/m1/s1. The Labute approximate surface area is 257 Å². The third kappa shape index (κ3) is 8.84. The Hall–Kier alpha value is -2.35. The number of carboxylic acid groups (broad SMARTS) is 1. The molecule has 1 aliphatic carbocycles. The maximum Gasteiger partial charge on any atom is 0.326 e. The molecule has 2 aliphatic rings. The second-order valence-electron chi connectivity index (χ2n) is 12.2. The molecule has 7 heteroatoms. The summed E-state index contributed by atoms with van der Waals surface area (Å²) in [6.07, 6.45) is 13.7. The number of aryl methyl sites for hydroxylation is 1. The Bertz CT molecular complexity index is 1170. The zero-order chi connectivity index (χ0) is 29.9. The van der Waals surface area contributed by atoms with Crippen molar-refractivity contribution in [3.8, 4) is 11.1 Å². The van der Waals surface area contributed by atoms with Crippen LogP contribution in [0.15, 0.2) is 42.5 Å². The first kappa shape index (κ1) is 32.6. The molecular weight excluding hydrogens is 544 g/mol. The van der Waals surface area contributed by atoms with Gasteiger partial charge in [0.05, 0.1) is 6.61 Å². The number of carbonyl (C=O) groups excluding carboxylic acids is 1. The molecule has 2 aromatic carbocycles. The van der Waals surface area contributed by atoms with Crippen LogP contribution in [0.4, 0.5) is 0 Å². The maximum atomic E-state index is 13.5. The molecule has 42 heavy (non-hydrogen) atoms. The summed E-state index contributed by atoms with van der Waals surface area (Å²) in [4.78, 5) is 28.0. The Balaban J connectivity index is 1.56. The van der Waals surface area contributed by atoms with Gasteiger partial charge in [-0.3, -0.25) is 9.69 Å². The molecule has 0 radical (unpaired) electrons. The minimum absolute atomic E-state index is 0.340. The van der Waals surface area contributed by atoms with Crippen molar-refractivity contribution >= 4 is 23.6 Å². The lowest BCUT2D eigenvalue weighted by Gasteiger charge is -2.31. The number of nitrogens with zero attached hydrogens (tertiary/aromatic N) is 1. The Morgan fingerprint density at radius 1 is 1.02 bits per heavy atom. The highest BCUT2D eigenvalue weighted by molar-refractivity contribution is 7.98. The van der Waals surface area contributed by atoms with Gasteiger partial charge in [0.25, 0.3) is 5.91 Å². The lowest BCUT2D eigenvalue weighted by molar-refractivity contribution is -0.139. The number of thioether (sulfide) groups is 1. The molecule has 1 aliphatic heterocycles. The molecular formula is C35H50N2O4S. The van der Waals surface area contributed by atoms with Crippen molar-refractivity contribution in [3.05, 3.63) is 59.2 Å². The summed E-state index contributed by atoms with van der Waals surface area (Å²) < 4.78 is 6.35. The van der Waals surface area contributed by atoms with Gasteiger partial charge in [0, 0.05) is 30.8 Å². The van der Waals surface area contributed by atoms with Gasteiger partial charge in [0.1, 0.15) is 6.04 Å². The van der Waals surface area contributed by atoms with Gasteiger partial charge in [-0.15, -0.1) is 0 Å². The van der Waals surface area contributed by atoms with Crippen LogP contribution in [0, 0.1) is 12.8 Å². The Morgan fingerprint density at radius 2 is 1.79 bits per heavy atom. The second-order valence-corrected chi connectivity index (χ2v) is 13.2. The number of benzene rings is 2. The number of hydrogen-bond acceptors (Lipinski definition) is 5. The number of ether oxygens (including phenoxy) is 1. The summed E-state index contributed by atoms with van der Waals surface area (Å²) in [5, 5.41) is 12.5. The van der Waals surface area contributed by atoms with Gasteiger partial charge < -0.3 is 15.2 Å². The summed E-state index contributed by atoms with van der Waals surface area (Å²) in [6, 6.07) is 14.2. The largest absolute Gasteiger partial charge is 0.480 e. The molecule has 4 rings (SSSR count). The van der Waals surface area contributed by atoms with Gasteiger partial charge in [0.15, 0.2) is 0 Å². The van der Waals surface area contributed by atoms with Crippen LogP contribution in [0.3, 0.4) is 0 Å². The van der Waals surface area contributed by atoms with E-state index in [1.807, 2.05) is 30.5 Å². The summed E-state index contributed by atoms with van der Waals surface area (Å²) in [6.45, 7) is 6.80. The predicted octanol–water partition coefficient (Wildman–Crippen LogP) is 7.33. The highest BCUT2D eigenvalue weighted by Crippen LogP contribution is 2.33. The van der Waals surface area contributed by atoms with E-state index in [2.05, 4.69) is 42.3 Å². The molecule has 3 atom stereocenters. The van der Waals surface area contributed by atoms with Gasteiger partial charge in [-0.1, -0.05) is 62.9 Å². The number of aliphatic carboxylic acids is 1. The molecule has 1 saturated carbocycles. The van der Waals surface area contributed by atoms with Gasteiger partial charge in [-0.2, -0.15) is 11.8 Å². The third-order valence-electron chi connectivity index (χ3n) is 9.12. The molecule has 6 nitrogen and oxygen atoms in total. The minimum Gasteiger partial charge on any atom is -0.480 e. The predicted molar refractivity (Wildman–Crippen MR) is 173 cm³/mol. The average Bonchev–Trinajstić information content (AvgIpc) is 3.36. The number of carbonyl (C=O) groups is 2. The molecule has 1 saturated heterocycles. The SMILES string of the molecule is CCC[C@@H]1CC[C@@H](COCC2CCCCC2)N1Cc1ccc(C(=O)N[C@@H](CCSC)C(=O)O)c(-c2ccccc2C)c1. The van der Waals surface area contributed by atoms with Crippen LogP contribution in [-0.2, 0) is 16.1 Å². The molecule has 2 aromatic rings. The molecule has 1 heterocycles. The van der Waals surface area contributed by atoms with Gasteiger partial charge in [-0.05, 0) is 97.8 Å². The van der Waals surface area contributed by atoms with E-state index in [4.69, 9.17) is 4.74 Å². The van der Waals surface area contributed by atoms with E-state index in [0.29, 0.717) is 29.8 Å². The van der Waals surface area contributed by atoms with Crippen molar-refractivity contribution in [2.24, 2.45) is 5.92 Å². The minimum atomic E-state index is -1.00. The van der Waals surface area contributed by atoms with Gasteiger partial charge in [-0.25, -0.2) is 4.79 Å². The molecule has 2 fully saturated rings. The van der Waals surface area contributed by atoms with Crippen LogP contribution >= 0.6 is 11.8 Å². The van der Waals surface area contributed by atoms with E-state index in [-0.39, 0.29) is 5.91 Å². The monoisotopic (exact) mass is 594 g/mol. The first-order chi connectivity index (χ1) is 20.4. The number of nitrogens with one attached hydrogen (secondary N) is 1. The van der Waals surface area contributed by atoms with E-state index in [9.17, 15) is 14.7 Å². The highest BCUT2D eigenvalue weighted by Gasteiger charge is 2.33. The van der Waals surface area contributed by atoms with Crippen molar-refractivity contribution in [2.45, 2.75) is 103 Å². The van der Waals surface area contributed by atoms with Crippen molar-refractivity contribution in [2.75, 3.05) is 25.2 Å². The molecule has 0 unspecified atom stereocenters. The second kappa shape index (κ2) is 16.5. The number of amides is 1. The quantitative estimate of drug-likeness (QED) is 0.225. The van der Waals surface area contributed by atoms with E-state index in [0.717, 1.165) is 55.2 Å². The van der Waals surface area contributed by atoms with Crippen LogP contribution in [0.2, 0.25) is 0 Å². The Morgan fingerprint density at radius 3 is 2.50 bits per heavy atom. The van der Waals surface area contributed by atoms with Gasteiger partial charge >= 0.3 is 5.97 Å². The van der Waals surface area contributed by atoms with Crippen LogP contribution in [0.5, 0.6) is 0 Å². The van der Waals surface area contributed by atoms with Crippen molar-refractivity contribution in [1.29, 1.82) is 0 Å². The number of rotatable bonds is 15. The van der Waals surface area contributed by atoms with E-state index in [1.54, 1.807) is 11.8 Å². The fraction of sp³-hybridized carbons (Fsp3) is 0.600. The average molecular weight is 595 g/mol. The number of carboxylic acids is 1. The number of likely N-dealkylation sites (tertiary alicyclic amines) is 1. The zero-order valence-corrected chi connectivity index (χ0v) is 26.6. The number of hydrogen-bond donors (Lipinski definition) is 2. The summed E-state index contributed by atoms with van der Waals surface area (Å²) in [7, 11) is 0. The smallest absolute Gasteiger partial charge is 0.326 e. The van der Waals surface area contributed by atoms with Crippen LogP contribution in [-0.4, -0.2) is 65.2 Å². The molecule has 1 amide bonds. The molecule has 230 valence electrons. The first-order valence-electron chi connectivity index (χ1n) is 16.0. The molecule has 2 N–H and O–H groups in total. The maximum absolute atomic E-state index is 13.5. The van der Waals surface area contributed by atoms with Gasteiger partial charge in [0.2, 0.25) is 0 Å². The van der Waals surface area contributed by atoms with Crippen molar-refractivity contribution in [3.63, 3.8) is 0 Å². The molecule has 0 spiro atoms. The highest BCUT2D eigenvalue weighted by atomic mass is 32.2. The fourth-order valence-corrected chi connectivity index (χ4v) is 7.22. The lowest BCUT2D eigenvalue weighted by Crippen LogP contribution is -2.41. The van der Waals surface area contributed by atoms with E-state index >= 15 is 0 Å². The summed E-state index contributed by atoms with van der Waals surface area (Å²) >= 11 is 1.58. The van der Waals surface area contributed by atoms with Crippen LogP contribution < -0.4 is 5.32 Å². The topological polar surface area (TPSA) is 78.9 Å². The summed E-state index contributed by atoms with van der Waals surface area (Å²) in [5.41, 5.74) is 4.62.